The Morgan fingerprint density at radius 3 is 2.58 bits per heavy atom. The summed E-state index contributed by atoms with van der Waals surface area (Å²) in [6.45, 7) is 1.88. The van der Waals surface area contributed by atoms with Crippen LogP contribution in [0.15, 0.2) is 35.3 Å². The molecule has 98 valence electrons. The van der Waals surface area contributed by atoms with Crippen LogP contribution in [0.1, 0.15) is 12.5 Å². The predicted molar refractivity (Wildman–Crippen MR) is 79.3 cm³/mol. The molecule has 1 saturated heterocycles. The molecule has 1 fully saturated rings. The van der Waals surface area contributed by atoms with E-state index in [4.69, 9.17) is 23.2 Å². The molecule has 0 saturated carbocycles. The van der Waals surface area contributed by atoms with Crippen molar-refractivity contribution >= 4 is 51.7 Å². The highest BCUT2D eigenvalue weighted by molar-refractivity contribution is 8.18. The summed E-state index contributed by atoms with van der Waals surface area (Å²) in [7, 11) is 0. The predicted octanol–water partition coefficient (Wildman–Crippen LogP) is 4.26. The van der Waals surface area contributed by atoms with E-state index >= 15 is 0 Å². The van der Waals surface area contributed by atoms with Gasteiger partial charge in [-0.2, -0.15) is 0 Å². The van der Waals surface area contributed by atoms with Gasteiger partial charge in [-0.05, 0) is 48.0 Å². The van der Waals surface area contributed by atoms with Gasteiger partial charge in [0.1, 0.15) is 0 Å². The maximum absolute atomic E-state index is 11.3. The van der Waals surface area contributed by atoms with Crippen molar-refractivity contribution in [1.82, 2.24) is 5.32 Å². The van der Waals surface area contributed by atoms with E-state index in [2.05, 4.69) is 5.32 Å². The van der Waals surface area contributed by atoms with Crippen molar-refractivity contribution in [2.45, 2.75) is 6.92 Å². The van der Waals surface area contributed by atoms with Gasteiger partial charge < -0.3 is 0 Å². The number of carbonyl (C=O) groups excluding carboxylic acids is 2. The first-order valence-corrected chi connectivity index (χ1v) is 6.92. The van der Waals surface area contributed by atoms with Gasteiger partial charge in [0.25, 0.3) is 11.1 Å². The van der Waals surface area contributed by atoms with Gasteiger partial charge in [-0.25, -0.2) is 0 Å². The molecule has 1 aromatic carbocycles. The molecule has 0 aliphatic carbocycles. The van der Waals surface area contributed by atoms with Crippen LogP contribution in [-0.2, 0) is 4.79 Å². The summed E-state index contributed by atoms with van der Waals surface area (Å²) in [6.07, 6.45) is 3.38. The molecule has 0 bridgehead atoms. The second-order valence-corrected chi connectivity index (χ2v) is 5.68. The highest BCUT2D eigenvalue weighted by Gasteiger charge is 2.24. The lowest BCUT2D eigenvalue weighted by Crippen LogP contribution is -2.17. The van der Waals surface area contributed by atoms with Crippen LogP contribution in [0, 0.1) is 0 Å². The van der Waals surface area contributed by atoms with Crippen LogP contribution in [-0.4, -0.2) is 11.1 Å². The molecule has 19 heavy (non-hydrogen) atoms. The minimum Gasteiger partial charge on any atom is -0.282 e. The first-order valence-electron chi connectivity index (χ1n) is 5.34. The number of rotatable bonds is 2. The molecule has 1 N–H and O–H groups in total. The summed E-state index contributed by atoms with van der Waals surface area (Å²) in [5.74, 6) is -0.367. The molecule has 2 amide bonds. The van der Waals surface area contributed by atoms with Crippen molar-refractivity contribution in [2.75, 3.05) is 0 Å². The number of imide groups is 1. The number of benzene rings is 1. The van der Waals surface area contributed by atoms with Gasteiger partial charge in [-0.15, -0.1) is 0 Å². The Morgan fingerprint density at radius 2 is 2.00 bits per heavy atom. The van der Waals surface area contributed by atoms with Crippen LogP contribution in [0.3, 0.4) is 0 Å². The van der Waals surface area contributed by atoms with Crippen LogP contribution in [0.2, 0.25) is 10.0 Å². The van der Waals surface area contributed by atoms with Crippen molar-refractivity contribution in [3.05, 3.63) is 50.9 Å². The average molecular weight is 314 g/mol. The van der Waals surface area contributed by atoms with Gasteiger partial charge >= 0.3 is 0 Å². The van der Waals surface area contributed by atoms with E-state index in [1.54, 1.807) is 24.3 Å². The molecular weight excluding hydrogens is 305 g/mol. The average Bonchev–Trinajstić information content (AvgIpc) is 2.68. The standard InChI is InChI=1S/C13H9Cl2NO2S/c1-7(8-3-4-9(14)10(15)6-8)2-5-11-12(17)16-13(18)19-11/h2-6H,1H3,(H,16,17,18). The number of carbonyl (C=O) groups is 2. The maximum Gasteiger partial charge on any atom is 0.290 e. The zero-order chi connectivity index (χ0) is 14.0. The minimum atomic E-state index is -0.367. The molecule has 0 radical (unpaired) electrons. The molecule has 0 spiro atoms. The molecule has 1 aliphatic rings. The number of hydrogen-bond donors (Lipinski definition) is 1. The van der Waals surface area contributed by atoms with Crippen molar-refractivity contribution < 1.29 is 9.59 Å². The molecule has 0 unspecified atom stereocenters. The third kappa shape index (κ3) is 3.41. The lowest BCUT2D eigenvalue weighted by molar-refractivity contribution is -0.115. The molecule has 6 heteroatoms. The fraction of sp³-hybridized carbons (Fsp3) is 0.0769. The van der Waals surface area contributed by atoms with Gasteiger partial charge in [0.15, 0.2) is 0 Å². The van der Waals surface area contributed by atoms with E-state index in [0.717, 1.165) is 22.9 Å². The van der Waals surface area contributed by atoms with E-state index in [9.17, 15) is 9.59 Å². The molecule has 2 rings (SSSR count). The Bertz CT molecular complexity index is 623. The number of hydrogen-bond acceptors (Lipinski definition) is 3. The maximum atomic E-state index is 11.3. The molecule has 1 aliphatic heterocycles. The summed E-state index contributed by atoms with van der Waals surface area (Å²) in [6, 6.07) is 5.30. The van der Waals surface area contributed by atoms with Gasteiger partial charge in [-0.3, -0.25) is 14.9 Å². The Hall–Kier alpha value is -1.23. The Morgan fingerprint density at radius 1 is 1.26 bits per heavy atom. The number of amides is 2. The van der Waals surface area contributed by atoms with Crippen LogP contribution in [0.5, 0.6) is 0 Å². The highest BCUT2D eigenvalue weighted by Crippen LogP contribution is 2.27. The van der Waals surface area contributed by atoms with Crippen molar-refractivity contribution in [3.63, 3.8) is 0 Å². The summed E-state index contributed by atoms with van der Waals surface area (Å²) in [5, 5.41) is 2.81. The van der Waals surface area contributed by atoms with Crippen molar-refractivity contribution in [3.8, 4) is 0 Å². The minimum absolute atomic E-state index is 0.350. The first kappa shape index (κ1) is 14.2. The molecule has 1 aromatic rings. The van der Waals surface area contributed by atoms with Crippen molar-refractivity contribution in [1.29, 1.82) is 0 Å². The molecule has 3 nitrogen and oxygen atoms in total. The lowest BCUT2D eigenvalue weighted by Gasteiger charge is -2.02. The van der Waals surface area contributed by atoms with E-state index in [-0.39, 0.29) is 11.1 Å². The summed E-state index contributed by atoms with van der Waals surface area (Å²) < 4.78 is 0. The van der Waals surface area contributed by atoms with E-state index in [1.807, 2.05) is 13.0 Å². The molecular formula is C13H9Cl2NO2S. The second-order valence-electron chi connectivity index (χ2n) is 3.85. The summed E-state index contributed by atoms with van der Waals surface area (Å²) in [5.41, 5.74) is 1.82. The Labute approximate surface area is 124 Å². The smallest absolute Gasteiger partial charge is 0.282 e. The fourth-order valence-corrected chi connectivity index (χ4v) is 2.40. The Balaban J connectivity index is 2.24. The van der Waals surface area contributed by atoms with Gasteiger partial charge in [0.05, 0.1) is 15.0 Å². The van der Waals surface area contributed by atoms with E-state index in [1.165, 1.54) is 0 Å². The monoisotopic (exact) mass is 313 g/mol. The second kappa shape index (κ2) is 5.82. The van der Waals surface area contributed by atoms with Crippen LogP contribution < -0.4 is 5.32 Å². The van der Waals surface area contributed by atoms with Crippen LogP contribution >= 0.6 is 35.0 Å². The summed E-state index contributed by atoms with van der Waals surface area (Å²) in [4.78, 5) is 22.7. The SMILES string of the molecule is CC(=CC=C1SC(=O)NC1=O)c1ccc(Cl)c(Cl)c1. The van der Waals surface area contributed by atoms with Crippen LogP contribution in [0.25, 0.3) is 5.57 Å². The molecule has 1 heterocycles. The van der Waals surface area contributed by atoms with Crippen LogP contribution in [0.4, 0.5) is 4.79 Å². The zero-order valence-electron chi connectivity index (χ0n) is 9.87. The first-order chi connectivity index (χ1) is 8.97. The normalized spacial score (nSPS) is 18.1. The number of halogens is 2. The van der Waals surface area contributed by atoms with Crippen molar-refractivity contribution in [2.24, 2.45) is 0 Å². The quantitative estimate of drug-likeness (QED) is 0.830. The number of thioether (sulfide) groups is 1. The molecule has 0 atom stereocenters. The third-order valence-corrected chi connectivity index (χ3v) is 4.07. The van der Waals surface area contributed by atoms with E-state index < -0.39 is 0 Å². The highest BCUT2D eigenvalue weighted by atomic mass is 35.5. The third-order valence-electron chi connectivity index (χ3n) is 2.50. The van der Waals surface area contributed by atoms with Gasteiger partial charge in [0.2, 0.25) is 0 Å². The fourth-order valence-electron chi connectivity index (χ4n) is 1.47. The lowest BCUT2D eigenvalue weighted by atomic mass is 10.1. The molecule has 0 aromatic heterocycles. The number of allylic oxidation sites excluding steroid dienone is 3. The topological polar surface area (TPSA) is 46.2 Å². The van der Waals surface area contributed by atoms with Gasteiger partial charge in [0, 0.05) is 0 Å². The van der Waals surface area contributed by atoms with E-state index in [0.29, 0.717) is 15.0 Å². The Kier molecular flexibility index (Phi) is 4.34. The van der Waals surface area contributed by atoms with Gasteiger partial charge in [-0.1, -0.05) is 35.3 Å². The largest absolute Gasteiger partial charge is 0.290 e. The zero-order valence-corrected chi connectivity index (χ0v) is 12.2. The number of nitrogens with one attached hydrogen (secondary N) is 1. The summed E-state index contributed by atoms with van der Waals surface area (Å²) >= 11 is 12.7.